The number of aryl methyl sites for hydroxylation is 1. The van der Waals surface area contributed by atoms with Crippen LogP contribution in [0.15, 0.2) is 77.0 Å². The summed E-state index contributed by atoms with van der Waals surface area (Å²) < 4.78 is 5.26. The van der Waals surface area contributed by atoms with Gasteiger partial charge < -0.3 is 15.1 Å². The highest BCUT2D eigenvalue weighted by molar-refractivity contribution is 6.30. The molecule has 0 unspecified atom stereocenters. The summed E-state index contributed by atoms with van der Waals surface area (Å²) in [5.74, 6) is -0.422. The average molecular weight is 381 g/mol. The number of amides is 2. The van der Waals surface area contributed by atoms with Gasteiger partial charge in [-0.2, -0.15) is 0 Å². The normalized spacial score (nSPS) is 11.1. The zero-order chi connectivity index (χ0) is 19.2. The number of carbonyl (C=O) groups excluding carboxylic acids is 2. The Balaban J connectivity index is 1.82. The van der Waals surface area contributed by atoms with E-state index in [9.17, 15) is 9.59 Å². The van der Waals surface area contributed by atoms with Gasteiger partial charge in [0.15, 0.2) is 0 Å². The number of benzene rings is 2. The van der Waals surface area contributed by atoms with Crippen molar-refractivity contribution in [3.63, 3.8) is 0 Å². The first-order valence-electron chi connectivity index (χ1n) is 8.21. The molecule has 2 amide bonds. The standard InChI is InChI=1S/C21H17ClN2O3/c1-14-4-6-15(7-5-14)20(25)24-19(13-18-3-2-12-27-18)21(26)23-17-10-8-16(22)9-11-17/h2-13H,1H3,(H,23,26)(H,24,25)/b19-13-. The topological polar surface area (TPSA) is 71.3 Å². The predicted octanol–water partition coefficient (Wildman–Crippen LogP) is 4.65. The molecule has 0 aliphatic heterocycles. The van der Waals surface area contributed by atoms with Gasteiger partial charge in [0.25, 0.3) is 11.8 Å². The van der Waals surface area contributed by atoms with Crippen LogP contribution in [-0.2, 0) is 4.79 Å². The van der Waals surface area contributed by atoms with Crippen molar-refractivity contribution in [3.05, 3.63) is 94.5 Å². The first kappa shape index (κ1) is 18.5. The van der Waals surface area contributed by atoms with Gasteiger partial charge >= 0.3 is 0 Å². The number of carbonyl (C=O) groups is 2. The molecule has 2 aromatic carbocycles. The van der Waals surface area contributed by atoms with E-state index in [4.69, 9.17) is 16.0 Å². The summed E-state index contributed by atoms with van der Waals surface area (Å²) in [5, 5.41) is 5.93. The summed E-state index contributed by atoms with van der Waals surface area (Å²) in [7, 11) is 0. The van der Waals surface area contributed by atoms with Crippen molar-refractivity contribution in [2.24, 2.45) is 0 Å². The molecule has 1 heterocycles. The molecular formula is C21H17ClN2O3. The van der Waals surface area contributed by atoms with Gasteiger partial charge in [0, 0.05) is 22.3 Å². The zero-order valence-corrected chi connectivity index (χ0v) is 15.3. The fourth-order valence-electron chi connectivity index (χ4n) is 2.31. The van der Waals surface area contributed by atoms with E-state index in [0.29, 0.717) is 22.0 Å². The number of furan rings is 1. The highest BCUT2D eigenvalue weighted by Gasteiger charge is 2.15. The van der Waals surface area contributed by atoms with Gasteiger partial charge in [-0.25, -0.2) is 0 Å². The van der Waals surface area contributed by atoms with Crippen molar-refractivity contribution in [1.82, 2.24) is 5.32 Å². The molecule has 0 aliphatic carbocycles. The fourth-order valence-corrected chi connectivity index (χ4v) is 2.43. The lowest BCUT2D eigenvalue weighted by atomic mass is 10.1. The third-order valence-corrected chi connectivity index (χ3v) is 3.99. The van der Waals surface area contributed by atoms with Gasteiger partial charge in [0.05, 0.1) is 6.26 Å². The van der Waals surface area contributed by atoms with E-state index in [2.05, 4.69) is 10.6 Å². The average Bonchev–Trinajstić information content (AvgIpc) is 3.16. The van der Waals surface area contributed by atoms with E-state index < -0.39 is 5.91 Å². The second-order valence-electron chi connectivity index (χ2n) is 5.85. The SMILES string of the molecule is Cc1ccc(C(=O)N/C(=C\c2ccco2)C(=O)Nc2ccc(Cl)cc2)cc1. The van der Waals surface area contributed by atoms with Crippen molar-refractivity contribution in [1.29, 1.82) is 0 Å². The minimum Gasteiger partial charge on any atom is -0.465 e. The van der Waals surface area contributed by atoms with E-state index in [1.807, 2.05) is 19.1 Å². The molecule has 27 heavy (non-hydrogen) atoms. The van der Waals surface area contributed by atoms with Crippen molar-refractivity contribution in [2.75, 3.05) is 5.32 Å². The molecule has 0 spiro atoms. The molecule has 0 bridgehead atoms. The lowest BCUT2D eigenvalue weighted by molar-refractivity contribution is -0.113. The van der Waals surface area contributed by atoms with Crippen LogP contribution in [0.2, 0.25) is 5.02 Å². The molecule has 3 aromatic rings. The highest BCUT2D eigenvalue weighted by Crippen LogP contribution is 2.15. The van der Waals surface area contributed by atoms with Crippen molar-refractivity contribution >= 4 is 35.2 Å². The minimum atomic E-state index is -0.478. The lowest BCUT2D eigenvalue weighted by Crippen LogP contribution is -2.30. The monoisotopic (exact) mass is 380 g/mol. The van der Waals surface area contributed by atoms with Crippen LogP contribution in [0.4, 0.5) is 5.69 Å². The number of nitrogens with one attached hydrogen (secondary N) is 2. The maximum absolute atomic E-state index is 12.7. The van der Waals surface area contributed by atoms with Crippen LogP contribution < -0.4 is 10.6 Å². The van der Waals surface area contributed by atoms with Crippen LogP contribution in [0.3, 0.4) is 0 Å². The van der Waals surface area contributed by atoms with Crippen LogP contribution in [0.5, 0.6) is 0 Å². The molecule has 1 aromatic heterocycles. The van der Waals surface area contributed by atoms with E-state index in [1.165, 1.54) is 12.3 Å². The first-order valence-corrected chi connectivity index (χ1v) is 8.59. The van der Waals surface area contributed by atoms with Crippen molar-refractivity contribution in [3.8, 4) is 0 Å². The molecule has 0 atom stereocenters. The van der Waals surface area contributed by atoms with Crippen LogP contribution in [0.25, 0.3) is 6.08 Å². The van der Waals surface area contributed by atoms with Crippen LogP contribution in [-0.4, -0.2) is 11.8 Å². The maximum Gasteiger partial charge on any atom is 0.272 e. The summed E-state index contributed by atoms with van der Waals surface area (Å²) in [6.07, 6.45) is 2.96. The molecule has 0 saturated carbocycles. The second kappa shape index (κ2) is 8.38. The molecule has 5 nitrogen and oxygen atoms in total. The number of hydrogen-bond acceptors (Lipinski definition) is 3. The van der Waals surface area contributed by atoms with Gasteiger partial charge in [-0.15, -0.1) is 0 Å². The van der Waals surface area contributed by atoms with E-state index >= 15 is 0 Å². The Morgan fingerprint density at radius 3 is 2.33 bits per heavy atom. The van der Waals surface area contributed by atoms with E-state index in [0.717, 1.165) is 5.56 Å². The molecule has 0 saturated heterocycles. The van der Waals surface area contributed by atoms with Gasteiger partial charge in [0.2, 0.25) is 0 Å². The Kier molecular flexibility index (Phi) is 5.74. The summed E-state index contributed by atoms with van der Waals surface area (Å²) in [6.45, 7) is 1.93. The summed E-state index contributed by atoms with van der Waals surface area (Å²) >= 11 is 5.86. The first-order chi connectivity index (χ1) is 13.0. The summed E-state index contributed by atoms with van der Waals surface area (Å²) in [5.41, 5.74) is 2.11. The molecule has 6 heteroatoms. The summed E-state index contributed by atoms with van der Waals surface area (Å²) in [4.78, 5) is 25.2. The van der Waals surface area contributed by atoms with Gasteiger partial charge in [-0.3, -0.25) is 9.59 Å². The Hall–Kier alpha value is -3.31. The van der Waals surface area contributed by atoms with Crippen molar-refractivity contribution < 1.29 is 14.0 Å². The molecule has 0 radical (unpaired) electrons. The zero-order valence-electron chi connectivity index (χ0n) is 14.5. The highest BCUT2D eigenvalue weighted by atomic mass is 35.5. The Morgan fingerprint density at radius 1 is 1.00 bits per heavy atom. The Labute approximate surface area is 161 Å². The van der Waals surface area contributed by atoms with Crippen LogP contribution in [0.1, 0.15) is 21.7 Å². The van der Waals surface area contributed by atoms with Gasteiger partial charge in [-0.05, 0) is 55.5 Å². The number of hydrogen-bond donors (Lipinski definition) is 2. The predicted molar refractivity (Wildman–Crippen MR) is 105 cm³/mol. The third kappa shape index (κ3) is 5.09. The number of rotatable bonds is 5. The largest absolute Gasteiger partial charge is 0.465 e. The third-order valence-electron chi connectivity index (χ3n) is 3.74. The number of halogens is 1. The van der Waals surface area contributed by atoms with E-state index in [-0.39, 0.29) is 11.6 Å². The molecule has 0 fully saturated rings. The minimum absolute atomic E-state index is 0.0606. The van der Waals surface area contributed by atoms with E-state index in [1.54, 1.807) is 48.5 Å². The quantitative estimate of drug-likeness (QED) is 0.633. The molecular weight excluding hydrogens is 364 g/mol. The Morgan fingerprint density at radius 2 is 1.70 bits per heavy atom. The maximum atomic E-state index is 12.7. The molecule has 0 aliphatic rings. The lowest BCUT2D eigenvalue weighted by Gasteiger charge is -2.11. The second-order valence-corrected chi connectivity index (χ2v) is 6.29. The Bertz CT molecular complexity index is 960. The molecule has 2 N–H and O–H groups in total. The number of anilines is 1. The van der Waals surface area contributed by atoms with Gasteiger partial charge in [0.1, 0.15) is 11.5 Å². The molecule has 3 rings (SSSR count). The summed E-state index contributed by atoms with van der Waals surface area (Å²) in [6, 6.07) is 17.1. The fraction of sp³-hybridized carbons (Fsp3) is 0.0476. The smallest absolute Gasteiger partial charge is 0.272 e. The van der Waals surface area contributed by atoms with Crippen molar-refractivity contribution in [2.45, 2.75) is 6.92 Å². The van der Waals surface area contributed by atoms with Crippen LogP contribution >= 0.6 is 11.6 Å². The van der Waals surface area contributed by atoms with Crippen LogP contribution in [0, 0.1) is 6.92 Å². The molecule has 136 valence electrons. The van der Waals surface area contributed by atoms with Gasteiger partial charge in [-0.1, -0.05) is 29.3 Å².